The van der Waals surface area contributed by atoms with E-state index in [1.54, 1.807) is 0 Å². The third-order valence-electron chi connectivity index (χ3n) is 6.45. The number of carboxylic acid groups (broad SMARTS) is 1. The fourth-order valence-corrected chi connectivity index (χ4v) is 4.34. The number of hydrogen-bond acceptors (Lipinski definition) is 4. The standard InChI is InChI=1S/C26H33N3O2.C2HF3O2/c1-25(2,3)18-13-17(14-19(23(18)31)26(4,5)6)21(30)15-29-22(16-10-11-16)20-9-7-8-12-28(20)24(29)27;3-2(4,5)1(6)7/h7-9,12-14,16,27,31H,10-11,15H2,1-6H3;(H,6,7). The number of Topliss-reactive ketones (excluding diaryl/α,β-unsaturated/α-hetero) is 1. The molecule has 10 heteroatoms. The number of imidazole rings is 1. The van der Waals surface area contributed by atoms with Crippen LogP contribution in [-0.2, 0) is 22.2 Å². The highest BCUT2D eigenvalue weighted by atomic mass is 19.4. The summed E-state index contributed by atoms with van der Waals surface area (Å²) in [5.74, 6) is -2.10. The molecule has 0 bridgehead atoms. The van der Waals surface area contributed by atoms with Crippen LogP contribution >= 0.6 is 0 Å². The van der Waals surface area contributed by atoms with Gasteiger partial charge in [-0.3, -0.25) is 14.6 Å². The summed E-state index contributed by atoms with van der Waals surface area (Å²) < 4.78 is 35.5. The van der Waals surface area contributed by atoms with E-state index in [1.165, 1.54) is 0 Å². The van der Waals surface area contributed by atoms with Gasteiger partial charge in [-0.05, 0) is 47.9 Å². The summed E-state index contributed by atoms with van der Waals surface area (Å²) in [6.07, 6.45) is -0.992. The minimum Gasteiger partial charge on any atom is -0.507 e. The normalized spacial score (nSPS) is 14.2. The Hall–Kier alpha value is -3.56. The van der Waals surface area contributed by atoms with Crippen molar-refractivity contribution in [1.82, 2.24) is 8.97 Å². The number of phenolic OH excluding ortho intramolecular Hbond substituents is 1. The first kappa shape index (κ1) is 29.0. The van der Waals surface area contributed by atoms with Gasteiger partial charge in [0.2, 0.25) is 5.62 Å². The van der Waals surface area contributed by atoms with Crippen LogP contribution in [0.1, 0.15) is 87.5 Å². The molecule has 1 aliphatic carbocycles. The highest BCUT2D eigenvalue weighted by Gasteiger charge is 2.38. The molecule has 1 saturated carbocycles. The van der Waals surface area contributed by atoms with Gasteiger partial charge in [-0.25, -0.2) is 4.79 Å². The van der Waals surface area contributed by atoms with Crippen molar-refractivity contribution in [3.63, 3.8) is 0 Å². The molecule has 1 aliphatic rings. The molecule has 7 nitrogen and oxygen atoms in total. The average molecular weight is 534 g/mol. The van der Waals surface area contributed by atoms with Crippen LogP contribution in [0.4, 0.5) is 13.2 Å². The van der Waals surface area contributed by atoms with E-state index < -0.39 is 12.1 Å². The lowest BCUT2D eigenvalue weighted by molar-refractivity contribution is -0.192. The molecule has 0 aliphatic heterocycles. The van der Waals surface area contributed by atoms with Gasteiger partial charge in [-0.1, -0.05) is 47.6 Å². The van der Waals surface area contributed by atoms with Crippen LogP contribution < -0.4 is 5.62 Å². The minimum atomic E-state index is -5.08. The van der Waals surface area contributed by atoms with E-state index in [1.807, 2.05) is 87.0 Å². The first-order valence-corrected chi connectivity index (χ1v) is 12.3. The molecule has 206 valence electrons. The number of fused-ring (bicyclic) bond motifs is 1. The second-order valence-electron chi connectivity index (χ2n) is 11.7. The quantitative estimate of drug-likeness (QED) is 0.362. The molecule has 3 aromatic rings. The van der Waals surface area contributed by atoms with Crippen molar-refractivity contribution in [1.29, 1.82) is 5.41 Å². The topological polar surface area (TPSA) is 108 Å². The summed E-state index contributed by atoms with van der Waals surface area (Å²) in [5, 5.41) is 26.8. The highest BCUT2D eigenvalue weighted by Crippen LogP contribution is 2.42. The number of carbonyl (C=O) groups is 2. The first-order chi connectivity index (χ1) is 17.3. The van der Waals surface area contributed by atoms with E-state index >= 15 is 0 Å². The maximum absolute atomic E-state index is 13.5. The molecule has 0 saturated heterocycles. The number of nitrogens with one attached hydrogen (secondary N) is 1. The molecule has 3 N–H and O–H groups in total. The number of rotatable bonds is 4. The molecule has 1 fully saturated rings. The summed E-state index contributed by atoms with van der Waals surface area (Å²) in [6.45, 7) is 12.4. The van der Waals surface area contributed by atoms with Gasteiger partial charge >= 0.3 is 12.1 Å². The summed E-state index contributed by atoms with van der Waals surface area (Å²) in [7, 11) is 0. The first-order valence-electron chi connectivity index (χ1n) is 12.3. The largest absolute Gasteiger partial charge is 0.507 e. The van der Waals surface area contributed by atoms with Crippen LogP contribution in [0.3, 0.4) is 0 Å². The Kier molecular flexibility index (Phi) is 7.60. The summed E-state index contributed by atoms with van der Waals surface area (Å²) in [4.78, 5) is 22.4. The third kappa shape index (κ3) is 6.11. The van der Waals surface area contributed by atoms with Crippen LogP contribution in [0, 0.1) is 5.41 Å². The van der Waals surface area contributed by atoms with Crippen LogP contribution in [0.2, 0.25) is 0 Å². The van der Waals surface area contributed by atoms with E-state index in [0.717, 1.165) is 35.2 Å². The van der Waals surface area contributed by atoms with Crippen LogP contribution in [0.15, 0.2) is 36.5 Å². The van der Waals surface area contributed by atoms with Gasteiger partial charge < -0.3 is 14.8 Å². The third-order valence-corrected chi connectivity index (χ3v) is 6.45. The number of pyridine rings is 1. The van der Waals surface area contributed by atoms with Gasteiger partial charge in [0, 0.05) is 34.5 Å². The number of halogens is 3. The van der Waals surface area contributed by atoms with E-state index in [-0.39, 0.29) is 28.9 Å². The Balaban J connectivity index is 0.000000505. The molecule has 0 spiro atoms. The molecule has 0 unspecified atom stereocenters. The highest BCUT2D eigenvalue weighted by molar-refractivity contribution is 5.97. The number of ketones is 1. The maximum atomic E-state index is 13.5. The zero-order valence-corrected chi connectivity index (χ0v) is 22.4. The zero-order chi connectivity index (χ0) is 28.8. The fraction of sp³-hybridized carbons (Fsp3) is 0.464. The molecular formula is C28H34F3N3O4. The Morgan fingerprint density at radius 2 is 1.50 bits per heavy atom. The van der Waals surface area contributed by atoms with Crippen LogP contribution in [0.25, 0.3) is 5.52 Å². The van der Waals surface area contributed by atoms with Gasteiger partial charge in [-0.15, -0.1) is 0 Å². The Labute approximate surface area is 219 Å². The van der Waals surface area contributed by atoms with Gasteiger partial charge in [0.15, 0.2) is 5.78 Å². The minimum absolute atomic E-state index is 0.0349. The van der Waals surface area contributed by atoms with Gasteiger partial charge in [0.25, 0.3) is 0 Å². The zero-order valence-electron chi connectivity index (χ0n) is 22.4. The molecule has 38 heavy (non-hydrogen) atoms. The van der Waals surface area contributed by atoms with Crippen molar-refractivity contribution >= 4 is 17.3 Å². The van der Waals surface area contributed by atoms with Gasteiger partial charge in [-0.2, -0.15) is 13.2 Å². The second kappa shape index (κ2) is 9.96. The number of benzene rings is 1. The van der Waals surface area contributed by atoms with Gasteiger partial charge in [0.05, 0.1) is 12.1 Å². The lowest BCUT2D eigenvalue weighted by Crippen LogP contribution is -2.26. The molecular weight excluding hydrogens is 499 g/mol. The number of aromatic hydroxyl groups is 1. The van der Waals surface area contributed by atoms with Crippen LogP contribution in [-0.4, -0.2) is 37.1 Å². The molecule has 2 aromatic heterocycles. The van der Waals surface area contributed by atoms with Crippen LogP contribution in [0.5, 0.6) is 5.75 Å². The smallest absolute Gasteiger partial charge is 0.490 e. The number of hydrogen-bond donors (Lipinski definition) is 3. The van der Waals surface area contributed by atoms with Gasteiger partial charge in [0.1, 0.15) is 5.75 Å². The predicted molar refractivity (Wildman–Crippen MR) is 137 cm³/mol. The van der Waals surface area contributed by atoms with E-state index in [9.17, 15) is 23.1 Å². The van der Waals surface area contributed by atoms with Crippen molar-refractivity contribution in [2.24, 2.45) is 0 Å². The number of phenols is 1. The van der Waals surface area contributed by atoms with E-state index in [0.29, 0.717) is 17.1 Å². The number of aromatic nitrogens is 2. The second-order valence-corrected chi connectivity index (χ2v) is 11.7. The summed E-state index contributed by atoms with van der Waals surface area (Å²) in [6, 6.07) is 9.60. The SMILES string of the molecule is CC(C)(C)c1cc(C(=O)Cn2c(C3CC3)c3ccccn3c2=N)cc(C(C)(C)C)c1O.O=C(O)C(F)(F)F. The molecule has 0 radical (unpaired) electrons. The number of aliphatic carboxylic acids is 1. The molecule has 2 heterocycles. The summed E-state index contributed by atoms with van der Waals surface area (Å²) in [5.41, 5.74) is 4.00. The van der Waals surface area contributed by atoms with Crippen molar-refractivity contribution in [3.05, 3.63) is 64.5 Å². The van der Waals surface area contributed by atoms with Crippen molar-refractivity contribution < 1.29 is 33.0 Å². The fourth-order valence-electron chi connectivity index (χ4n) is 4.34. The van der Waals surface area contributed by atoms with Crippen molar-refractivity contribution in [2.45, 2.75) is 83.9 Å². The number of nitrogens with zero attached hydrogens (tertiary/aromatic N) is 2. The maximum Gasteiger partial charge on any atom is 0.490 e. The Morgan fingerprint density at radius 1 is 1.00 bits per heavy atom. The van der Waals surface area contributed by atoms with E-state index in [4.69, 9.17) is 15.3 Å². The Bertz CT molecular complexity index is 1400. The number of alkyl halides is 3. The molecule has 1 aromatic carbocycles. The Morgan fingerprint density at radius 3 is 1.92 bits per heavy atom. The number of carbonyl (C=O) groups excluding carboxylic acids is 1. The molecule has 0 atom stereocenters. The van der Waals surface area contributed by atoms with Crippen molar-refractivity contribution in [3.8, 4) is 5.75 Å². The lowest BCUT2D eigenvalue weighted by Gasteiger charge is -2.28. The summed E-state index contributed by atoms with van der Waals surface area (Å²) >= 11 is 0. The number of carboxylic acids is 1. The van der Waals surface area contributed by atoms with E-state index in [2.05, 4.69) is 0 Å². The monoisotopic (exact) mass is 533 g/mol. The average Bonchev–Trinajstić information content (AvgIpc) is 3.58. The molecule has 0 amide bonds. The lowest BCUT2D eigenvalue weighted by atomic mass is 9.78. The predicted octanol–water partition coefficient (Wildman–Crippen LogP) is 5.91. The molecule has 4 rings (SSSR count). The van der Waals surface area contributed by atoms with Crippen molar-refractivity contribution in [2.75, 3.05) is 0 Å².